The summed E-state index contributed by atoms with van der Waals surface area (Å²) in [5.41, 5.74) is 0. The number of hydrogen-bond acceptors (Lipinski definition) is 3. The van der Waals surface area contributed by atoms with Gasteiger partial charge in [-0.05, 0) is 7.05 Å². The number of likely N-dealkylation sites (N-methyl/N-ethyl adjacent to an activating group) is 1. The van der Waals surface area contributed by atoms with E-state index in [2.05, 4.69) is 23.4 Å². The summed E-state index contributed by atoms with van der Waals surface area (Å²) in [6.07, 6.45) is 1.90. The molecule has 3 heteroatoms. The van der Waals surface area contributed by atoms with Crippen LogP contribution in [-0.4, -0.2) is 60.8 Å². The number of aliphatic hydroxyl groups excluding tert-OH is 1. The van der Waals surface area contributed by atoms with Gasteiger partial charge in [-0.2, -0.15) is 0 Å². The molecule has 12 heavy (non-hydrogen) atoms. The van der Waals surface area contributed by atoms with Gasteiger partial charge >= 0.3 is 0 Å². The smallest absolute Gasteiger partial charge is 0.0599 e. The fraction of sp³-hybridized carbons (Fsp3) is 0.778. The van der Waals surface area contributed by atoms with Gasteiger partial charge in [0.15, 0.2) is 0 Å². The van der Waals surface area contributed by atoms with E-state index >= 15 is 0 Å². The van der Waals surface area contributed by atoms with E-state index in [9.17, 15) is 0 Å². The summed E-state index contributed by atoms with van der Waals surface area (Å²) in [5, 5.41) is 9.10. The molecule has 0 aromatic rings. The summed E-state index contributed by atoms with van der Waals surface area (Å²) in [6.45, 7) is 7.93. The monoisotopic (exact) mass is 170 g/mol. The van der Waals surface area contributed by atoms with Crippen LogP contribution in [0.25, 0.3) is 0 Å². The summed E-state index contributed by atoms with van der Waals surface area (Å²) in [6, 6.07) is 0.293. The number of hydrogen-bond donors (Lipinski definition) is 1. The highest BCUT2D eigenvalue weighted by atomic mass is 16.3. The zero-order chi connectivity index (χ0) is 8.97. The van der Waals surface area contributed by atoms with Crippen LogP contribution in [0.3, 0.4) is 0 Å². The molecule has 1 aliphatic rings. The highest BCUT2D eigenvalue weighted by Gasteiger charge is 2.22. The van der Waals surface area contributed by atoms with Gasteiger partial charge in [-0.3, -0.25) is 4.90 Å². The molecule has 1 N–H and O–H groups in total. The predicted molar refractivity (Wildman–Crippen MR) is 50.1 cm³/mol. The first-order valence-corrected chi connectivity index (χ1v) is 4.42. The zero-order valence-electron chi connectivity index (χ0n) is 7.74. The minimum atomic E-state index is 0.248. The maximum atomic E-state index is 9.10. The molecular formula is C9H18N2O. The fourth-order valence-corrected chi connectivity index (χ4v) is 1.63. The molecule has 0 aliphatic carbocycles. The molecule has 0 radical (unpaired) electrons. The number of piperazine rings is 1. The lowest BCUT2D eigenvalue weighted by Crippen LogP contribution is -2.53. The molecule has 0 aromatic carbocycles. The van der Waals surface area contributed by atoms with Crippen LogP contribution >= 0.6 is 0 Å². The highest BCUT2D eigenvalue weighted by molar-refractivity contribution is 4.84. The molecule has 1 atom stereocenters. The average molecular weight is 170 g/mol. The van der Waals surface area contributed by atoms with Gasteiger partial charge in [0.2, 0.25) is 0 Å². The Morgan fingerprint density at radius 1 is 1.58 bits per heavy atom. The van der Waals surface area contributed by atoms with E-state index in [0.717, 1.165) is 26.2 Å². The first-order valence-electron chi connectivity index (χ1n) is 4.42. The van der Waals surface area contributed by atoms with Crippen molar-refractivity contribution in [2.75, 3.05) is 39.8 Å². The van der Waals surface area contributed by atoms with Gasteiger partial charge < -0.3 is 10.0 Å². The van der Waals surface area contributed by atoms with Crippen LogP contribution < -0.4 is 0 Å². The van der Waals surface area contributed by atoms with Gasteiger partial charge in [-0.25, -0.2) is 0 Å². The van der Waals surface area contributed by atoms with E-state index in [0.29, 0.717) is 6.04 Å². The van der Waals surface area contributed by atoms with E-state index in [1.807, 2.05) is 6.08 Å². The number of aliphatic hydroxyl groups is 1. The van der Waals surface area contributed by atoms with Gasteiger partial charge in [-0.1, -0.05) is 6.08 Å². The van der Waals surface area contributed by atoms with Crippen LogP contribution in [-0.2, 0) is 0 Å². The molecule has 1 heterocycles. The minimum absolute atomic E-state index is 0.248. The van der Waals surface area contributed by atoms with E-state index < -0.39 is 0 Å². The van der Waals surface area contributed by atoms with Crippen LogP contribution in [0.4, 0.5) is 0 Å². The van der Waals surface area contributed by atoms with E-state index in [1.54, 1.807) is 0 Å². The van der Waals surface area contributed by atoms with Crippen LogP contribution in [0.1, 0.15) is 0 Å². The van der Waals surface area contributed by atoms with Crippen molar-refractivity contribution in [3.8, 4) is 0 Å². The Morgan fingerprint density at radius 2 is 2.33 bits per heavy atom. The molecule has 0 saturated carbocycles. The van der Waals surface area contributed by atoms with Crippen molar-refractivity contribution in [1.29, 1.82) is 0 Å². The Bertz CT molecular complexity index is 149. The van der Waals surface area contributed by atoms with Crippen molar-refractivity contribution >= 4 is 0 Å². The molecular weight excluding hydrogens is 152 g/mol. The Labute approximate surface area is 74.3 Å². The molecule has 0 spiro atoms. The Kier molecular flexibility index (Phi) is 3.72. The fourth-order valence-electron chi connectivity index (χ4n) is 1.63. The van der Waals surface area contributed by atoms with Gasteiger partial charge in [0.05, 0.1) is 6.61 Å². The first kappa shape index (κ1) is 9.71. The standard InChI is InChI=1S/C9H18N2O/c1-3-4-11-6-5-10(2)7-9(11)8-12/h3,9,12H,1,4-8H2,2H3. The van der Waals surface area contributed by atoms with Gasteiger partial charge in [0.1, 0.15) is 0 Å². The average Bonchev–Trinajstić information content (AvgIpc) is 2.08. The minimum Gasteiger partial charge on any atom is -0.395 e. The molecule has 0 bridgehead atoms. The molecule has 1 saturated heterocycles. The Morgan fingerprint density at radius 3 is 2.92 bits per heavy atom. The Hall–Kier alpha value is -0.380. The molecule has 3 nitrogen and oxygen atoms in total. The van der Waals surface area contributed by atoms with E-state index in [-0.39, 0.29) is 6.61 Å². The summed E-state index contributed by atoms with van der Waals surface area (Å²) < 4.78 is 0. The molecule has 1 rings (SSSR count). The molecule has 0 amide bonds. The second-order valence-corrected chi connectivity index (χ2v) is 3.38. The molecule has 70 valence electrons. The van der Waals surface area contributed by atoms with E-state index in [4.69, 9.17) is 5.11 Å². The zero-order valence-corrected chi connectivity index (χ0v) is 7.74. The lowest BCUT2D eigenvalue weighted by Gasteiger charge is -2.38. The van der Waals surface area contributed by atoms with Crippen molar-refractivity contribution in [3.63, 3.8) is 0 Å². The highest BCUT2D eigenvalue weighted by Crippen LogP contribution is 2.07. The van der Waals surface area contributed by atoms with Crippen molar-refractivity contribution in [2.24, 2.45) is 0 Å². The first-order chi connectivity index (χ1) is 5.77. The summed E-state index contributed by atoms with van der Waals surface area (Å²) in [5.74, 6) is 0. The van der Waals surface area contributed by atoms with Crippen molar-refractivity contribution in [1.82, 2.24) is 9.80 Å². The maximum Gasteiger partial charge on any atom is 0.0599 e. The molecule has 1 fully saturated rings. The van der Waals surface area contributed by atoms with Crippen molar-refractivity contribution < 1.29 is 5.11 Å². The van der Waals surface area contributed by atoms with Crippen molar-refractivity contribution in [3.05, 3.63) is 12.7 Å². The third-order valence-corrected chi connectivity index (χ3v) is 2.38. The number of nitrogens with zero attached hydrogens (tertiary/aromatic N) is 2. The van der Waals surface area contributed by atoms with Crippen LogP contribution in [0.2, 0.25) is 0 Å². The van der Waals surface area contributed by atoms with Gasteiger partial charge in [0.25, 0.3) is 0 Å². The third kappa shape index (κ3) is 2.30. The van der Waals surface area contributed by atoms with Crippen LogP contribution in [0, 0.1) is 0 Å². The summed E-state index contributed by atoms with van der Waals surface area (Å²) in [7, 11) is 2.09. The number of rotatable bonds is 3. The summed E-state index contributed by atoms with van der Waals surface area (Å²) in [4.78, 5) is 4.52. The van der Waals surface area contributed by atoms with Crippen LogP contribution in [0.5, 0.6) is 0 Å². The van der Waals surface area contributed by atoms with Gasteiger partial charge in [-0.15, -0.1) is 6.58 Å². The van der Waals surface area contributed by atoms with Crippen molar-refractivity contribution in [2.45, 2.75) is 6.04 Å². The summed E-state index contributed by atoms with van der Waals surface area (Å²) >= 11 is 0. The molecule has 0 aromatic heterocycles. The van der Waals surface area contributed by atoms with Crippen LogP contribution in [0.15, 0.2) is 12.7 Å². The second-order valence-electron chi connectivity index (χ2n) is 3.38. The Balaban J connectivity index is 2.44. The quantitative estimate of drug-likeness (QED) is 0.593. The SMILES string of the molecule is C=CCN1CCN(C)CC1CO. The topological polar surface area (TPSA) is 26.7 Å². The lowest BCUT2D eigenvalue weighted by atomic mass is 10.2. The molecule has 1 unspecified atom stereocenters. The largest absolute Gasteiger partial charge is 0.395 e. The predicted octanol–water partition coefficient (Wildman–Crippen LogP) is -0.219. The third-order valence-electron chi connectivity index (χ3n) is 2.38. The van der Waals surface area contributed by atoms with E-state index in [1.165, 1.54) is 0 Å². The maximum absolute atomic E-state index is 9.10. The lowest BCUT2D eigenvalue weighted by molar-refractivity contribution is 0.0598. The molecule has 1 aliphatic heterocycles. The van der Waals surface area contributed by atoms with Gasteiger partial charge in [0, 0.05) is 32.2 Å². The second kappa shape index (κ2) is 4.60. The normalized spacial score (nSPS) is 27.3.